The fourth-order valence-corrected chi connectivity index (χ4v) is 2.65. The van der Waals surface area contributed by atoms with Crippen molar-refractivity contribution >= 4 is 14.8 Å². The standard InChI is InChI=1S/C13H20Si/c1-11(2)10-14-13(3,4)12-8-6-5-7-9-12/h5-11,14H,1-4H3. The number of hydrogen-bond donors (Lipinski definition) is 0. The third-order valence-corrected chi connectivity index (χ3v) is 4.54. The normalized spacial score (nSPS) is 12.6. The summed E-state index contributed by atoms with van der Waals surface area (Å²) in [4.78, 5) is 0. The second kappa shape index (κ2) is 4.69. The summed E-state index contributed by atoms with van der Waals surface area (Å²) in [6.45, 7) is 9.20. The molecule has 0 radical (unpaired) electrons. The van der Waals surface area contributed by atoms with Gasteiger partial charge >= 0.3 is 0 Å². The molecular weight excluding hydrogens is 184 g/mol. The monoisotopic (exact) mass is 204 g/mol. The Hall–Kier alpha value is -0.693. The van der Waals surface area contributed by atoms with Gasteiger partial charge in [-0.3, -0.25) is 0 Å². The lowest BCUT2D eigenvalue weighted by molar-refractivity contribution is 0.760. The zero-order chi connectivity index (χ0) is 10.6. The molecule has 0 atom stereocenters. The van der Waals surface area contributed by atoms with Gasteiger partial charge in [0, 0.05) is 0 Å². The van der Waals surface area contributed by atoms with Crippen molar-refractivity contribution < 1.29 is 0 Å². The molecule has 1 heteroatoms. The van der Waals surface area contributed by atoms with E-state index in [-0.39, 0.29) is 0 Å². The lowest BCUT2D eigenvalue weighted by Gasteiger charge is -2.20. The lowest BCUT2D eigenvalue weighted by Crippen LogP contribution is -2.22. The smallest absolute Gasteiger partial charge is 0.000432 e. The van der Waals surface area contributed by atoms with Gasteiger partial charge in [0.15, 0.2) is 0 Å². The van der Waals surface area contributed by atoms with Gasteiger partial charge in [0.05, 0.1) is 0 Å². The Kier molecular flexibility index (Phi) is 3.82. The molecule has 0 aliphatic carbocycles. The van der Waals surface area contributed by atoms with Crippen LogP contribution in [-0.2, 0) is 5.04 Å². The second-order valence-corrected chi connectivity index (χ2v) is 6.85. The number of rotatable bonds is 3. The van der Waals surface area contributed by atoms with Crippen LogP contribution in [0.15, 0.2) is 30.3 Å². The van der Waals surface area contributed by atoms with Crippen molar-refractivity contribution in [3.8, 4) is 0 Å². The molecular formula is C13H20Si. The highest BCUT2D eigenvalue weighted by atomic mass is 28.2. The van der Waals surface area contributed by atoms with Gasteiger partial charge < -0.3 is 0 Å². The maximum absolute atomic E-state index is 2.48. The number of benzene rings is 1. The highest BCUT2D eigenvalue weighted by molar-refractivity contribution is 6.50. The quantitative estimate of drug-likeness (QED) is 0.664. The zero-order valence-corrected chi connectivity index (χ0v) is 10.8. The average molecular weight is 204 g/mol. The Bertz CT molecular complexity index is 296. The van der Waals surface area contributed by atoms with E-state index in [9.17, 15) is 0 Å². The highest BCUT2D eigenvalue weighted by Crippen LogP contribution is 2.19. The molecule has 0 spiro atoms. The third-order valence-electron chi connectivity index (χ3n) is 2.42. The second-order valence-electron chi connectivity index (χ2n) is 4.69. The van der Waals surface area contributed by atoms with Crippen molar-refractivity contribution in [3.63, 3.8) is 0 Å². The number of hydrogen-bond acceptors (Lipinski definition) is 0. The first-order chi connectivity index (χ1) is 6.52. The zero-order valence-electron chi connectivity index (χ0n) is 9.62. The van der Waals surface area contributed by atoms with E-state index in [0.29, 0.717) is 20.1 Å². The fourth-order valence-electron chi connectivity index (χ4n) is 1.40. The molecule has 1 rings (SSSR count). The van der Waals surface area contributed by atoms with E-state index < -0.39 is 0 Å². The van der Waals surface area contributed by atoms with Gasteiger partial charge in [0.25, 0.3) is 0 Å². The molecule has 0 saturated carbocycles. The highest BCUT2D eigenvalue weighted by Gasteiger charge is 2.15. The van der Waals surface area contributed by atoms with Crippen molar-refractivity contribution in [2.24, 2.45) is 5.92 Å². The predicted octanol–water partition coefficient (Wildman–Crippen LogP) is 2.82. The predicted molar refractivity (Wildman–Crippen MR) is 67.5 cm³/mol. The molecule has 0 aliphatic heterocycles. The van der Waals surface area contributed by atoms with Gasteiger partial charge in [-0.2, -0.15) is 0 Å². The summed E-state index contributed by atoms with van der Waals surface area (Å²) in [5.74, 6) is 0.716. The van der Waals surface area contributed by atoms with Crippen LogP contribution >= 0.6 is 0 Å². The van der Waals surface area contributed by atoms with E-state index in [1.54, 1.807) is 0 Å². The Labute approximate surface area is 89.8 Å². The molecule has 1 aromatic rings. The van der Waals surface area contributed by atoms with Crippen molar-refractivity contribution in [1.82, 2.24) is 0 Å². The molecule has 0 heterocycles. The lowest BCUT2D eigenvalue weighted by atomic mass is 10.0. The van der Waals surface area contributed by atoms with Gasteiger partial charge in [-0.1, -0.05) is 58.0 Å². The van der Waals surface area contributed by atoms with Crippen LogP contribution in [0.1, 0.15) is 33.3 Å². The topological polar surface area (TPSA) is 0 Å². The van der Waals surface area contributed by atoms with Gasteiger partial charge in [-0.15, -0.1) is 5.67 Å². The van der Waals surface area contributed by atoms with Crippen molar-refractivity contribution in [2.45, 2.75) is 32.7 Å². The average Bonchev–Trinajstić information content (AvgIpc) is 2.16. The summed E-state index contributed by atoms with van der Waals surface area (Å²) in [7, 11) is 0.380. The van der Waals surface area contributed by atoms with Crippen LogP contribution in [0.3, 0.4) is 0 Å². The molecule has 0 nitrogen and oxygen atoms in total. The van der Waals surface area contributed by atoms with E-state index in [0.717, 1.165) is 0 Å². The first-order valence-corrected chi connectivity index (χ1v) is 6.51. The summed E-state index contributed by atoms with van der Waals surface area (Å²) in [6.07, 6.45) is 0. The van der Waals surface area contributed by atoms with Gasteiger partial charge in [-0.25, -0.2) is 0 Å². The van der Waals surface area contributed by atoms with Crippen molar-refractivity contribution in [1.29, 1.82) is 0 Å². The van der Waals surface area contributed by atoms with E-state index in [1.807, 2.05) is 0 Å². The molecule has 0 N–H and O–H groups in total. The summed E-state index contributed by atoms with van der Waals surface area (Å²) in [5.41, 5.74) is 3.94. The van der Waals surface area contributed by atoms with Crippen LogP contribution in [0.25, 0.3) is 0 Å². The SMILES string of the molecule is CC(C)C=[SiH]C(C)(C)c1ccccc1. The van der Waals surface area contributed by atoms with Crippen LogP contribution in [-0.4, -0.2) is 14.8 Å². The molecule has 0 bridgehead atoms. The van der Waals surface area contributed by atoms with E-state index in [4.69, 9.17) is 0 Å². The molecule has 0 saturated heterocycles. The van der Waals surface area contributed by atoms with Crippen LogP contribution < -0.4 is 0 Å². The maximum Gasteiger partial charge on any atom is -0.000432 e. The first-order valence-electron chi connectivity index (χ1n) is 5.27. The largest absolute Gasteiger partial charge is 0.103 e. The minimum atomic E-state index is 0.353. The Morgan fingerprint density at radius 1 is 1.14 bits per heavy atom. The molecule has 76 valence electrons. The summed E-state index contributed by atoms with van der Waals surface area (Å²) < 4.78 is 0. The molecule has 0 fully saturated rings. The molecule has 0 aliphatic rings. The Morgan fingerprint density at radius 2 is 1.71 bits per heavy atom. The first kappa shape index (κ1) is 11.4. The molecule has 0 amide bonds. The third kappa shape index (κ3) is 3.22. The fraction of sp³-hybridized carbons (Fsp3) is 0.462. The summed E-state index contributed by atoms with van der Waals surface area (Å²) in [5, 5.41) is 0.353. The van der Waals surface area contributed by atoms with Crippen LogP contribution in [0.4, 0.5) is 0 Å². The van der Waals surface area contributed by atoms with Gasteiger partial charge in [0.2, 0.25) is 0 Å². The molecule has 1 aromatic carbocycles. The van der Waals surface area contributed by atoms with E-state index >= 15 is 0 Å². The maximum atomic E-state index is 2.48. The van der Waals surface area contributed by atoms with Crippen LogP contribution in [0.2, 0.25) is 0 Å². The molecule has 0 aromatic heterocycles. The van der Waals surface area contributed by atoms with E-state index in [1.165, 1.54) is 5.56 Å². The minimum absolute atomic E-state index is 0.353. The molecule has 14 heavy (non-hydrogen) atoms. The Morgan fingerprint density at radius 3 is 2.21 bits per heavy atom. The minimum Gasteiger partial charge on any atom is -0.103 e. The van der Waals surface area contributed by atoms with E-state index in [2.05, 4.69) is 63.7 Å². The van der Waals surface area contributed by atoms with Crippen molar-refractivity contribution in [3.05, 3.63) is 35.9 Å². The summed E-state index contributed by atoms with van der Waals surface area (Å²) in [6, 6.07) is 10.8. The summed E-state index contributed by atoms with van der Waals surface area (Å²) >= 11 is 0. The van der Waals surface area contributed by atoms with Gasteiger partial charge in [0.1, 0.15) is 0 Å². The molecule has 0 unspecified atom stereocenters. The van der Waals surface area contributed by atoms with Crippen LogP contribution in [0.5, 0.6) is 0 Å². The van der Waals surface area contributed by atoms with Crippen molar-refractivity contribution in [2.75, 3.05) is 0 Å². The Balaban J connectivity index is 2.86. The van der Waals surface area contributed by atoms with Crippen LogP contribution in [0, 0.1) is 5.92 Å². The van der Waals surface area contributed by atoms with Gasteiger partial charge in [-0.05, 0) is 25.7 Å².